The highest BCUT2D eigenvalue weighted by atomic mass is 15.0. The van der Waals surface area contributed by atoms with Gasteiger partial charge < -0.3 is 4.57 Å². The van der Waals surface area contributed by atoms with Crippen LogP contribution in [0.15, 0.2) is 24.3 Å². The maximum Gasteiger partial charge on any atom is 0.0540 e. The Kier molecular flexibility index (Phi) is 1.64. The molecule has 0 saturated heterocycles. The van der Waals surface area contributed by atoms with Crippen molar-refractivity contribution in [1.29, 1.82) is 0 Å². The van der Waals surface area contributed by atoms with Gasteiger partial charge in [-0.1, -0.05) is 18.2 Å². The number of hydrogen-bond acceptors (Lipinski definition) is 0. The van der Waals surface area contributed by atoms with Crippen LogP contribution < -0.4 is 5.32 Å². The summed E-state index contributed by atoms with van der Waals surface area (Å²) >= 11 is 0. The van der Waals surface area contributed by atoms with Crippen molar-refractivity contribution >= 4 is 10.9 Å². The summed E-state index contributed by atoms with van der Waals surface area (Å²) in [6.45, 7) is 1.88. The second-order valence-corrected chi connectivity index (χ2v) is 3.86. The minimum Gasteiger partial charge on any atom is -0.346 e. The summed E-state index contributed by atoms with van der Waals surface area (Å²) in [4.78, 5) is 0. The molecule has 0 bridgehead atoms. The molecule has 1 aromatic carbocycles. The quantitative estimate of drug-likeness (QED) is 0.596. The van der Waals surface area contributed by atoms with Crippen molar-refractivity contribution in [3.05, 3.63) is 35.5 Å². The topological polar surface area (TPSA) is 19.0 Å². The number of rotatable bonds is 0. The molecular formula is C12H13N2. The first-order valence-corrected chi connectivity index (χ1v) is 5.06. The molecule has 0 amide bonds. The summed E-state index contributed by atoms with van der Waals surface area (Å²) in [7, 11) is 2.14. The minimum absolute atomic E-state index is 0.889. The maximum absolute atomic E-state index is 4.45. The Hall–Kier alpha value is -1.28. The summed E-state index contributed by atoms with van der Waals surface area (Å²) in [5.41, 5.74) is 4.25. The molecule has 0 atom stereocenters. The molecule has 0 unspecified atom stereocenters. The molecule has 71 valence electrons. The molecule has 0 aliphatic carbocycles. The van der Waals surface area contributed by atoms with Gasteiger partial charge in [-0.15, -0.1) is 0 Å². The van der Waals surface area contributed by atoms with Gasteiger partial charge in [0.1, 0.15) is 0 Å². The van der Waals surface area contributed by atoms with E-state index >= 15 is 0 Å². The van der Waals surface area contributed by atoms with E-state index in [2.05, 4.69) is 41.2 Å². The number of nitrogens with zero attached hydrogens (tertiary/aromatic N) is 2. The molecule has 1 radical (unpaired) electrons. The molecule has 2 heterocycles. The molecule has 0 N–H and O–H groups in total. The first-order chi connectivity index (χ1) is 6.88. The Balaban J connectivity index is 2.41. The number of hydrogen-bond donors (Lipinski definition) is 0. The van der Waals surface area contributed by atoms with Gasteiger partial charge in [-0.2, -0.15) is 0 Å². The summed E-state index contributed by atoms with van der Waals surface area (Å²) in [5.74, 6) is 0. The van der Waals surface area contributed by atoms with Crippen LogP contribution in [0.3, 0.4) is 0 Å². The lowest BCUT2D eigenvalue weighted by molar-refractivity contribution is 0.602. The lowest BCUT2D eigenvalue weighted by Crippen LogP contribution is -2.18. The van der Waals surface area contributed by atoms with Crippen LogP contribution in [-0.2, 0) is 20.0 Å². The van der Waals surface area contributed by atoms with E-state index in [0.29, 0.717) is 0 Å². The number of para-hydroxylation sites is 1. The van der Waals surface area contributed by atoms with Crippen LogP contribution in [0.25, 0.3) is 10.9 Å². The molecule has 0 spiro atoms. The Bertz CT molecular complexity index is 482. The largest absolute Gasteiger partial charge is 0.346 e. The molecular weight excluding hydrogens is 172 g/mol. The molecule has 0 fully saturated rings. The number of benzene rings is 1. The third kappa shape index (κ3) is 0.946. The second-order valence-electron chi connectivity index (χ2n) is 3.86. The third-order valence-electron chi connectivity index (χ3n) is 3.13. The smallest absolute Gasteiger partial charge is 0.0540 e. The number of aromatic nitrogens is 1. The molecule has 2 nitrogen and oxygen atoms in total. The van der Waals surface area contributed by atoms with Gasteiger partial charge in [-0.25, -0.2) is 5.32 Å². The van der Waals surface area contributed by atoms with Gasteiger partial charge in [0, 0.05) is 30.2 Å². The second kappa shape index (κ2) is 2.85. The minimum atomic E-state index is 0.889. The van der Waals surface area contributed by atoms with E-state index in [0.717, 1.165) is 19.5 Å². The van der Waals surface area contributed by atoms with E-state index in [1.54, 1.807) is 0 Å². The Morgan fingerprint density at radius 3 is 3.07 bits per heavy atom. The fourth-order valence-corrected chi connectivity index (χ4v) is 2.38. The lowest BCUT2D eigenvalue weighted by Gasteiger charge is -2.13. The molecule has 0 saturated carbocycles. The Labute approximate surface area is 83.5 Å². The van der Waals surface area contributed by atoms with Gasteiger partial charge in [-0.3, -0.25) is 0 Å². The lowest BCUT2D eigenvalue weighted by atomic mass is 10.1. The van der Waals surface area contributed by atoms with Gasteiger partial charge in [-0.05, 0) is 18.1 Å². The van der Waals surface area contributed by atoms with Crippen LogP contribution in [0, 0.1) is 0 Å². The third-order valence-corrected chi connectivity index (χ3v) is 3.13. The van der Waals surface area contributed by atoms with E-state index in [4.69, 9.17) is 0 Å². The predicted octanol–water partition coefficient (Wildman–Crippen LogP) is 1.84. The average Bonchev–Trinajstić information content (AvgIpc) is 2.55. The zero-order chi connectivity index (χ0) is 9.54. The summed E-state index contributed by atoms with van der Waals surface area (Å²) < 4.78 is 2.29. The molecule has 2 aromatic rings. The van der Waals surface area contributed by atoms with Gasteiger partial charge >= 0.3 is 0 Å². The highest BCUT2D eigenvalue weighted by Gasteiger charge is 2.17. The zero-order valence-electron chi connectivity index (χ0n) is 8.33. The molecule has 3 rings (SSSR count). The van der Waals surface area contributed by atoms with Gasteiger partial charge in [0.05, 0.1) is 6.54 Å². The van der Waals surface area contributed by atoms with Crippen LogP contribution in [0.4, 0.5) is 0 Å². The number of fused-ring (bicyclic) bond motifs is 3. The predicted molar refractivity (Wildman–Crippen MR) is 57.3 cm³/mol. The van der Waals surface area contributed by atoms with E-state index in [1.807, 2.05) is 0 Å². The highest BCUT2D eigenvalue weighted by Crippen LogP contribution is 2.27. The van der Waals surface area contributed by atoms with E-state index in [1.165, 1.54) is 22.2 Å². The SMILES string of the molecule is Cn1c2c(c3ccccc31)CC[N]C2. The fourth-order valence-electron chi connectivity index (χ4n) is 2.38. The van der Waals surface area contributed by atoms with Crippen LogP contribution in [0.1, 0.15) is 11.3 Å². The molecule has 14 heavy (non-hydrogen) atoms. The van der Waals surface area contributed by atoms with Crippen molar-refractivity contribution in [2.75, 3.05) is 6.54 Å². The van der Waals surface area contributed by atoms with Crippen molar-refractivity contribution in [1.82, 2.24) is 9.88 Å². The first kappa shape index (κ1) is 8.06. The van der Waals surface area contributed by atoms with Gasteiger partial charge in [0.15, 0.2) is 0 Å². The van der Waals surface area contributed by atoms with Gasteiger partial charge in [0.25, 0.3) is 0 Å². The summed E-state index contributed by atoms with van der Waals surface area (Å²) in [6.07, 6.45) is 1.11. The summed E-state index contributed by atoms with van der Waals surface area (Å²) in [5, 5.41) is 5.87. The average molecular weight is 185 g/mol. The maximum atomic E-state index is 4.45. The normalized spacial score (nSPS) is 15.8. The van der Waals surface area contributed by atoms with Crippen LogP contribution in [-0.4, -0.2) is 11.1 Å². The standard InChI is InChI=1S/C12H13N2/c1-14-11-5-3-2-4-9(11)10-6-7-13-8-12(10)14/h2-5H,6-8H2,1H3. The summed E-state index contributed by atoms with van der Waals surface area (Å²) in [6, 6.07) is 8.63. The van der Waals surface area contributed by atoms with E-state index in [9.17, 15) is 0 Å². The fraction of sp³-hybridized carbons (Fsp3) is 0.333. The van der Waals surface area contributed by atoms with Crippen molar-refractivity contribution in [2.24, 2.45) is 7.05 Å². The highest BCUT2D eigenvalue weighted by molar-refractivity contribution is 5.85. The Morgan fingerprint density at radius 1 is 1.29 bits per heavy atom. The van der Waals surface area contributed by atoms with Crippen molar-refractivity contribution in [2.45, 2.75) is 13.0 Å². The van der Waals surface area contributed by atoms with E-state index < -0.39 is 0 Å². The van der Waals surface area contributed by atoms with Crippen LogP contribution in [0.5, 0.6) is 0 Å². The first-order valence-electron chi connectivity index (χ1n) is 5.06. The van der Waals surface area contributed by atoms with Crippen LogP contribution >= 0.6 is 0 Å². The molecule has 1 aliphatic rings. The molecule has 1 aliphatic heterocycles. The molecule has 1 aromatic heterocycles. The van der Waals surface area contributed by atoms with Crippen molar-refractivity contribution in [3.63, 3.8) is 0 Å². The van der Waals surface area contributed by atoms with Crippen LogP contribution in [0.2, 0.25) is 0 Å². The van der Waals surface area contributed by atoms with Gasteiger partial charge in [0.2, 0.25) is 0 Å². The zero-order valence-corrected chi connectivity index (χ0v) is 8.33. The number of aryl methyl sites for hydroxylation is 1. The van der Waals surface area contributed by atoms with Crippen molar-refractivity contribution in [3.8, 4) is 0 Å². The monoisotopic (exact) mass is 185 g/mol. The van der Waals surface area contributed by atoms with Crippen molar-refractivity contribution < 1.29 is 0 Å². The van der Waals surface area contributed by atoms with E-state index in [-0.39, 0.29) is 0 Å². The Morgan fingerprint density at radius 2 is 2.14 bits per heavy atom. The molecule has 2 heteroatoms.